The van der Waals surface area contributed by atoms with Crippen LogP contribution in [0.4, 0.5) is 0 Å². The first-order valence-electron chi connectivity index (χ1n) is 13.1. The van der Waals surface area contributed by atoms with Crippen molar-refractivity contribution < 1.29 is 4.74 Å². The molecule has 4 rings (SSSR count). The van der Waals surface area contributed by atoms with Gasteiger partial charge in [0.15, 0.2) is 0 Å². The predicted octanol–water partition coefficient (Wildman–Crippen LogP) is 5.68. The highest BCUT2D eigenvalue weighted by atomic mass is 35.5. The molecule has 2 heterocycles. The summed E-state index contributed by atoms with van der Waals surface area (Å²) in [6.45, 7) is 10.3. The van der Waals surface area contributed by atoms with Gasteiger partial charge in [0.2, 0.25) is 0 Å². The van der Waals surface area contributed by atoms with Gasteiger partial charge in [0, 0.05) is 30.2 Å². The number of nitrogens with zero attached hydrogens (tertiary/aromatic N) is 3. The molecule has 1 saturated carbocycles. The topological polar surface area (TPSA) is 19.0 Å². The summed E-state index contributed by atoms with van der Waals surface area (Å²) < 4.78 is 5.88. The van der Waals surface area contributed by atoms with Crippen molar-refractivity contribution in [2.24, 2.45) is 5.92 Å². The van der Waals surface area contributed by atoms with E-state index in [9.17, 15) is 0 Å². The number of ether oxygens (including phenoxy) is 1. The molecule has 1 aromatic rings. The third-order valence-corrected chi connectivity index (χ3v) is 8.31. The van der Waals surface area contributed by atoms with Crippen LogP contribution in [0.5, 0.6) is 5.75 Å². The molecule has 1 unspecified atom stereocenters. The molecule has 2 aliphatic heterocycles. The molecule has 1 aliphatic carbocycles. The summed E-state index contributed by atoms with van der Waals surface area (Å²) in [6, 6.07) is 7.71. The number of rotatable bonds is 7. The van der Waals surface area contributed by atoms with Crippen LogP contribution in [-0.2, 0) is 6.42 Å². The van der Waals surface area contributed by atoms with E-state index in [2.05, 4.69) is 41.7 Å². The maximum Gasteiger partial charge on any atom is 0.120 e. The Balaban J connectivity index is 1.21. The standard InChI is InChI=1S/C27H44ClN3O/c1-21(2)32-26-9-10-27(28)23(18-26)17-22-11-14-30(15-12-22)19-25-13-16-31(20-29(25)3)24-7-5-4-6-8-24/h9-10,18,21-22,24-25H,4-8,11-17,19-20H2,1-3H3. The largest absolute Gasteiger partial charge is 0.491 e. The minimum absolute atomic E-state index is 0.194. The summed E-state index contributed by atoms with van der Waals surface area (Å²) >= 11 is 6.52. The highest BCUT2D eigenvalue weighted by Gasteiger charge is 2.31. The highest BCUT2D eigenvalue weighted by Crippen LogP contribution is 2.30. The Bertz CT molecular complexity index is 713. The normalized spacial score (nSPS) is 25.5. The lowest BCUT2D eigenvalue weighted by molar-refractivity contribution is 0.00326. The molecule has 1 aromatic carbocycles. The summed E-state index contributed by atoms with van der Waals surface area (Å²) in [5.74, 6) is 1.67. The second-order valence-electron chi connectivity index (χ2n) is 10.8. The number of benzene rings is 1. The van der Waals surface area contributed by atoms with Gasteiger partial charge in [0.25, 0.3) is 0 Å². The van der Waals surface area contributed by atoms with Crippen LogP contribution in [0.2, 0.25) is 5.02 Å². The van der Waals surface area contributed by atoms with Crippen LogP contribution in [0.1, 0.15) is 70.8 Å². The molecule has 0 amide bonds. The van der Waals surface area contributed by atoms with Gasteiger partial charge in [-0.1, -0.05) is 30.9 Å². The third-order valence-electron chi connectivity index (χ3n) is 7.94. The van der Waals surface area contributed by atoms with E-state index in [4.69, 9.17) is 16.3 Å². The van der Waals surface area contributed by atoms with Gasteiger partial charge in [-0.2, -0.15) is 0 Å². The van der Waals surface area contributed by atoms with E-state index >= 15 is 0 Å². The first-order valence-corrected chi connectivity index (χ1v) is 13.5. The zero-order valence-corrected chi connectivity index (χ0v) is 21.3. The van der Waals surface area contributed by atoms with Crippen LogP contribution in [0.15, 0.2) is 18.2 Å². The molecule has 0 radical (unpaired) electrons. The molecular weight excluding hydrogens is 418 g/mol. The van der Waals surface area contributed by atoms with Gasteiger partial charge in [-0.25, -0.2) is 0 Å². The van der Waals surface area contributed by atoms with Crippen molar-refractivity contribution in [3.05, 3.63) is 28.8 Å². The van der Waals surface area contributed by atoms with Gasteiger partial charge in [-0.3, -0.25) is 9.80 Å². The second-order valence-corrected chi connectivity index (χ2v) is 11.2. The zero-order chi connectivity index (χ0) is 22.5. The van der Waals surface area contributed by atoms with Crippen LogP contribution < -0.4 is 4.74 Å². The number of likely N-dealkylation sites (tertiary alicyclic amines) is 1. The molecule has 4 nitrogen and oxygen atoms in total. The van der Waals surface area contributed by atoms with Gasteiger partial charge < -0.3 is 9.64 Å². The summed E-state index contributed by atoms with van der Waals surface area (Å²) in [7, 11) is 2.35. The Hall–Kier alpha value is -0.810. The first kappa shape index (κ1) is 24.3. The number of halogens is 1. The molecular formula is C27H44ClN3O. The Morgan fingerprint density at radius 1 is 1.00 bits per heavy atom. The molecule has 32 heavy (non-hydrogen) atoms. The fraction of sp³-hybridized carbons (Fsp3) is 0.778. The Kier molecular flexibility index (Phi) is 8.78. The van der Waals surface area contributed by atoms with Crippen molar-refractivity contribution >= 4 is 11.6 Å². The van der Waals surface area contributed by atoms with E-state index in [1.807, 2.05) is 12.1 Å². The Morgan fingerprint density at radius 2 is 1.75 bits per heavy atom. The average molecular weight is 462 g/mol. The molecule has 2 saturated heterocycles. The van der Waals surface area contributed by atoms with Crippen LogP contribution in [0, 0.1) is 5.92 Å². The fourth-order valence-electron chi connectivity index (χ4n) is 6.02. The van der Waals surface area contributed by atoms with Crippen molar-refractivity contribution in [3.63, 3.8) is 0 Å². The van der Waals surface area contributed by atoms with Crippen molar-refractivity contribution in [1.82, 2.24) is 14.7 Å². The third kappa shape index (κ3) is 6.62. The number of hydrogen-bond acceptors (Lipinski definition) is 4. The minimum Gasteiger partial charge on any atom is -0.491 e. The van der Waals surface area contributed by atoms with Gasteiger partial charge in [-0.05, 0) is 102 Å². The van der Waals surface area contributed by atoms with Gasteiger partial charge in [0.1, 0.15) is 5.75 Å². The van der Waals surface area contributed by atoms with E-state index < -0.39 is 0 Å². The monoisotopic (exact) mass is 461 g/mol. The first-order chi connectivity index (χ1) is 15.5. The van der Waals surface area contributed by atoms with Gasteiger partial charge in [0.05, 0.1) is 12.8 Å². The summed E-state index contributed by atoms with van der Waals surface area (Å²) in [6.07, 6.45) is 12.3. The maximum atomic E-state index is 6.52. The van der Waals surface area contributed by atoms with Crippen LogP contribution in [0.3, 0.4) is 0 Å². The number of likely N-dealkylation sites (N-methyl/N-ethyl adjacent to an activating group) is 1. The fourth-order valence-corrected chi connectivity index (χ4v) is 6.21. The summed E-state index contributed by atoms with van der Waals surface area (Å²) in [5.41, 5.74) is 1.25. The molecule has 3 fully saturated rings. The smallest absolute Gasteiger partial charge is 0.120 e. The lowest BCUT2D eigenvalue weighted by Crippen LogP contribution is -2.56. The zero-order valence-electron chi connectivity index (χ0n) is 20.6. The van der Waals surface area contributed by atoms with Gasteiger partial charge in [-0.15, -0.1) is 0 Å². The van der Waals surface area contributed by atoms with E-state index in [-0.39, 0.29) is 6.10 Å². The van der Waals surface area contributed by atoms with Crippen molar-refractivity contribution in [1.29, 1.82) is 0 Å². The SMILES string of the molecule is CC(C)Oc1ccc(Cl)c(CC2CCN(CC3CCN(C4CCCCC4)CN3C)CC2)c1. The molecule has 1 atom stereocenters. The second kappa shape index (κ2) is 11.6. The molecule has 5 heteroatoms. The van der Waals surface area contributed by atoms with E-state index in [1.165, 1.54) is 89.8 Å². The quantitative estimate of drug-likeness (QED) is 0.520. The number of hydrogen-bond donors (Lipinski definition) is 0. The molecule has 0 aromatic heterocycles. The summed E-state index contributed by atoms with van der Waals surface area (Å²) in [5, 5.41) is 0.884. The van der Waals surface area contributed by atoms with E-state index in [1.54, 1.807) is 0 Å². The average Bonchev–Trinajstić information content (AvgIpc) is 2.79. The highest BCUT2D eigenvalue weighted by molar-refractivity contribution is 6.31. The lowest BCUT2D eigenvalue weighted by atomic mass is 9.89. The van der Waals surface area contributed by atoms with Crippen LogP contribution in [-0.4, -0.2) is 72.8 Å². The molecule has 3 aliphatic rings. The summed E-state index contributed by atoms with van der Waals surface area (Å²) in [4.78, 5) is 8.11. The minimum atomic E-state index is 0.194. The Morgan fingerprint density at radius 3 is 2.44 bits per heavy atom. The van der Waals surface area contributed by atoms with Crippen molar-refractivity contribution in [3.8, 4) is 5.75 Å². The van der Waals surface area contributed by atoms with E-state index in [0.717, 1.165) is 29.2 Å². The van der Waals surface area contributed by atoms with Crippen LogP contribution in [0.25, 0.3) is 0 Å². The van der Waals surface area contributed by atoms with E-state index in [0.29, 0.717) is 6.04 Å². The maximum absolute atomic E-state index is 6.52. The molecule has 0 N–H and O–H groups in total. The molecule has 0 bridgehead atoms. The van der Waals surface area contributed by atoms with Crippen molar-refractivity contribution in [2.75, 3.05) is 39.9 Å². The lowest BCUT2D eigenvalue weighted by Gasteiger charge is -2.46. The molecule has 180 valence electrons. The predicted molar refractivity (Wildman–Crippen MR) is 135 cm³/mol. The number of piperidine rings is 1. The molecule has 0 spiro atoms. The van der Waals surface area contributed by atoms with Gasteiger partial charge >= 0.3 is 0 Å². The Labute approximate surface area is 201 Å². The van der Waals surface area contributed by atoms with Crippen molar-refractivity contribution in [2.45, 2.75) is 89.8 Å². The van der Waals surface area contributed by atoms with Crippen LogP contribution >= 0.6 is 11.6 Å².